The van der Waals surface area contributed by atoms with Crippen molar-refractivity contribution in [3.05, 3.63) is 5.89 Å². The maximum absolute atomic E-state index is 5.96. The molecule has 6 heteroatoms. The molecule has 1 unspecified atom stereocenters. The van der Waals surface area contributed by atoms with Crippen LogP contribution in [0.2, 0.25) is 0 Å². The van der Waals surface area contributed by atoms with Gasteiger partial charge in [0.15, 0.2) is 0 Å². The highest BCUT2D eigenvalue weighted by Gasteiger charge is 2.16. The number of nitrogens with two attached hydrogens (primary N) is 1. The lowest BCUT2D eigenvalue weighted by molar-refractivity contribution is 0.188. The van der Waals surface area contributed by atoms with E-state index in [0.717, 1.165) is 25.9 Å². The summed E-state index contributed by atoms with van der Waals surface area (Å²) in [5.41, 5.74) is 5.96. The van der Waals surface area contributed by atoms with Crippen LogP contribution in [0.25, 0.3) is 0 Å². The van der Waals surface area contributed by atoms with Crippen LogP contribution in [0, 0.1) is 0 Å². The first-order valence-corrected chi connectivity index (χ1v) is 6.05. The van der Waals surface area contributed by atoms with E-state index < -0.39 is 0 Å². The molecule has 2 N–H and O–H groups in total. The quantitative estimate of drug-likeness (QED) is 0.693. The predicted octanol–water partition coefficient (Wildman–Crippen LogP) is 1.34. The van der Waals surface area contributed by atoms with Gasteiger partial charge in [0.25, 0.3) is 5.95 Å². The van der Waals surface area contributed by atoms with Crippen molar-refractivity contribution in [3.8, 4) is 0 Å². The number of rotatable bonds is 8. The maximum Gasteiger partial charge on any atom is 0.266 e. The van der Waals surface area contributed by atoms with Crippen molar-refractivity contribution < 1.29 is 9.26 Å². The fourth-order valence-corrected chi connectivity index (χ4v) is 1.58. The minimum atomic E-state index is -0.207. The monoisotopic (exact) mass is 242 g/mol. The summed E-state index contributed by atoms with van der Waals surface area (Å²) in [7, 11) is 1.68. The molecule has 0 aliphatic heterocycles. The van der Waals surface area contributed by atoms with Gasteiger partial charge in [-0.05, 0) is 31.8 Å². The molecule has 0 bridgehead atoms. The summed E-state index contributed by atoms with van der Waals surface area (Å²) in [6, 6.07) is -0.207. The van der Waals surface area contributed by atoms with Crippen LogP contribution in [0.3, 0.4) is 0 Å². The molecule has 98 valence electrons. The summed E-state index contributed by atoms with van der Waals surface area (Å²) in [4.78, 5) is 6.34. The molecule has 0 fully saturated rings. The molecule has 0 saturated heterocycles. The topological polar surface area (TPSA) is 77.4 Å². The van der Waals surface area contributed by atoms with Crippen LogP contribution >= 0.6 is 0 Å². The number of anilines is 1. The molecule has 0 spiro atoms. The fraction of sp³-hybridized carbons (Fsp3) is 0.818. The Hall–Kier alpha value is -1.14. The summed E-state index contributed by atoms with van der Waals surface area (Å²) >= 11 is 0. The SMILES string of the molecule is CCN(CC)c1noc(C(N)CCCOC)n1. The van der Waals surface area contributed by atoms with Crippen LogP contribution in [0.5, 0.6) is 0 Å². The van der Waals surface area contributed by atoms with Gasteiger partial charge in [-0.25, -0.2) is 0 Å². The third-order valence-corrected chi connectivity index (χ3v) is 2.66. The highest BCUT2D eigenvalue weighted by Crippen LogP contribution is 2.17. The van der Waals surface area contributed by atoms with Crippen molar-refractivity contribution in [1.82, 2.24) is 10.1 Å². The molecule has 0 saturated carbocycles. The molecule has 1 aromatic heterocycles. The van der Waals surface area contributed by atoms with Crippen molar-refractivity contribution in [2.45, 2.75) is 32.7 Å². The standard InChI is InChI=1S/C11H22N4O2/c1-4-15(5-2)11-13-10(17-14-11)9(12)7-6-8-16-3/h9H,4-8,12H2,1-3H3. The van der Waals surface area contributed by atoms with E-state index in [1.54, 1.807) is 7.11 Å². The summed E-state index contributed by atoms with van der Waals surface area (Å²) in [6.45, 7) is 6.52. The van der Waals surface area contributed by atoms with Gasteiger partial charge in [0.2, 0.25) is 5.89 Å². The number of hydrogen-bond acceptors (Lipinski definition) is 6. The van der Waals surface area contributed by atoms with E-state index >= 15 is 0 Å². The normalized spacial score (nSPS) is 12.7. The van der Waals surface area contributed by atoms with Gasteiger partial charge in [-0.15, -0.1) is 0 Å². The Morgan fingerprint density at radius 1 is 1.41 bits per heavy atom. The second kappa shape index (κ2) is 7.24. The molecule has 0 amide bonds. The van der Waals surface area contributed by atoms with E-state index in [1.807, 2.05) is 4.90 Å². The zero-order valence-electron chi connectivity index (χ0n) is 10.8. The Bertz CT molecular complexity index is 312. The lowest BCUT2D eigenvalue weighted by atomic mass is 10.2. The molecule has 0 aliphatic rings. The molecule has 1 aromatic rings. The highest BCUT2D eigenvalue weighted by molar-refractivity contribution is 5.26. The van der Waals surface area contributed by atoms with Crippen molar-refractivity contribution in [3.63, 3.8) is 0 Å². The number of ether oxygens (including phenoxy) is 1. The second-order valence-electron chi connectivity index (χ2n) is 3.85. The average Bonchev–Trinajstić information content (AvgIpc) is 2.80. The van der Waals surface area contributed by atoms with Gasteiger partial charge >= 0.3 is 0 Å². The van der Waals surface area contributed by atoms with Crippen LogP contribution in [0.15, 0.2) is 4.52 Å². The minimum absolute atomic E-state index is 0.207. The minimum Gasteiger partial charge on any atom is -0.385 e. The second-order valence-corrected chi connectivity index (χ2v) is 3.85. The average molecular weight is 242 g/mol. The van der Waals surface area contributed by atoms with Crippen LogP contribution in [-0.4, -0.2) is 36.9 Å². The molecular weight excluding hydrogens is 220 g/mol. The molecular formula is C11H22N4O2. The van der Waals surface area contributed by atoms with Crippen LogP contribution in [-0.2, 0) is 4.74 Å². The third kappa shape index (κ3) is 3.98. The maximum atomic E-state index is 5.96. The first-order valence-electron chi connectivity index (χ1n) is 6.05. The molecule has 0 aromatic carbocycles. The lowest BCUT2D eigenvalue weighted by Crippen LogP contribution is -2.23. The van der Waals surface area contributed by atoms with E-state index in [9.17, 15) is 0 Å². The Labute approximate surface area is 102 Å². The predicted molar refractivity (Wildman–Crippen MR) is 65.9 cm³/mol. The molecule has 1 atom stereocenters. The van der Waals surface area contributed by atoms with Crippen molar-refractivity contribution in [2.24, 2.45) is 5.73 Å². The van der Waals surface area contributed by atoms with Crippen molar-refractivity contribution in [2.75, 3.05) is 31.7 Å². The van der Waals surface area contributed by atoms with Gasteiger partial charge < -0.3 is 19.9 Å². The Morgan fingerprint density at radius 2 is 2.12 bits per heavy atom. The largest absolute Gasteiger partial charge is 0.385 e. The van der Waals surface area contributed by atoms with Crippen LogP contribution < -0.4 is 10.6 Å². The highest BCUT2D eigenvalue weighted by atomic mass is 16.5. The van der Waals surface area contributed by atoms with E-state index in [-0.39, 0.29) is 6.04 Å². The Kier molecular flexibility index (Phi) is 5.93. The Balaban J connectivity index is 2.54. The first-order chi connectivity index (χ1) is 8.22. The summed E-state index contributed by atoms with van der Waals surface area (Å²) in [6.07, 6.45) is 1.67. The lowest BCUT2D eigenvalue weighted by Gasteiger charge is -2.14. The molecule has 17 heavy (non-hydrogen) atoms. The summed E-state index contributed by atoms with van der Waals surface area (Å²) in [5.74, 6) is 1.12. The van der Waals surface area contributed by atoms with Gasteiger partial charge in [-0.3, -0.25) is 0 Å². The zero-order chi connectivity index (χ0) is 12.7. The molecule has 0 aliphatic carbocycles. The van der Waals surface area contributed by atoms with Gasteiger partial charge in [0.1, 0.15) is 0 Å². The smallest absolute Gasteiger partial charge is 0.266 e. The fourth-order valence-electron chi connectivity index (χ4n) is 1.58. The van der Waals surface area contributed by atoms with E-state index in [1.165, 1.54) is 0 Å². The van der Waals surface area contributed by atoms with E-state index in [2.05, 4.69) is 24.0 Å². The van der Waals surface area contributed by atoms with Gasteiger partial charge in [0, 0.05) is 26.8 Å². The molecule has 1 rings (SSSR count). The number of nitrogens with zero attached hydrogens (tertiary/aromatic N) is 3. The number of methoxy groups -OCH3 is 1. The van der Waals surface area contributed by atoms with Gasteiger partial charge in [-0.2, -0.15) is 4.98 Å². The molecule has 1 heterocycles. The van der Waals surface area contributed by atoms with Crippen molar-refractivity contribution >= 4 is 5.95 Å². The van der Waals surface area contributed by atoms with Crippen molar-refractivity contribution in [1.29, 1.82) is 0 Å². The number of aromatic nitrogens is 2. The summed E-state index contributed by atoms with van der Waals surface area (Å²) < 4.78 is 10.1. The molecule has 6 nitrogen and oxygen atoms in total. The van der Waals surface area contributed by atoms with E-state index in [0.29, 0.717) is 18.4 Å². The van der Waals surface area contributed by atoms with Gasteiger partial charge in [0.05, 0.1) is 6.04 Å². The van der Waals surface area contributed by atoms with E-state index in [4.69, 9.17) is 15.0 Å². The number of hydrogen-bond donors (Lipinski definition) is 1. The van der Waals surface area contributed by atoms with Gasteiger partial charge in [-0.1, -0.05) is 0 Å². The Morgan fingerprint density at radius 3 is 2.71 bits per heavy atom. The van der Waals surface area contributed by atoms with Crippen LogP contribution in [0.1, 0.15) is 38.6 Å². The molecule has 0 radical (unpaired) electrons. The summed E-state index contributed by atoms with van der Waals surface area (Å²) in [5, 5.41) is 3.94. The zero-order valence-corrected chi connectivity index (χ0v) is 10.8. The van der Waals surface area contributed by atoms with Crippen LogP contribution in [0.4, 0.5) is 5.95 Å². The third-order valence-electron chi connectivity index (χ3n) is 2.66. The first kappa shape index (κ1) is 13.9.